The number of aromatic nitrogens is 3. The second kappa shape index (κ2) is 8.17. The number of benzene rings is 1. The molecule has 1 atom stereocenters. The van der Waals surface area contributed by atoms with E-state index in [4.69, 9.17) is 20.4 Å². The lowest BCUT2D eigenvalue weighted by atomic mass is 9.92. The Balaban J connectivity index is 1.99. The summed E-state index contributed by atoms with van der Waals surface area (Å²) >= 11 is 0. The van der Waals surface area contributed by atoms with Crippen LogP contribution < -0.4 is 15.8 Å². The third kappa shape index (κ3) is 3.74. The fourth-order valence-electron chi connectivity index (χ4n) is 3.66. The minimum Gasteiger partial charge on any atom is -0.467 e. The van der Waals surface area contributed by atoms with Crippen LogP contribution in [0.15, 0.2) is 40.7 Å². The predicted octanol–water partition coefficient (Wildman–Crippen LogP) is 3.58. The molecule has 8 nitrogen and oxygen atoms in total. The average molecular weight is 422 g/mol. The standard InChI is InChI=1S/C22H23FN6O2/c1-4-16-19-17-10-27-21(25)22(28-17)30-11(2)15-8-13(23)5-6-14(15)20(24)12(9-26-3)7-18(19)31-29-16/h5-6,8-11,24,26H,4,7H2,1-3H3,(H2,25,27)/b12-9-,24-20?/t11-/m1/s1. The first-order chi connectivity index (χ1) is 14.9. The van der Waals surface area contributed by atoms with Gasteiger partial charge in [0, 0.05) is 36.4 Å². The minimum absolute atomic E-state index is 0.118. The van der Waals surface area contributed by atoms with Crippen molar-refractivity contribution in [3.8, 4) is 17.1 Å². The van der Waals surface area contributed by atoms with Crippen LogP contribution >= 0.6 is 0 Å². The Morgan fingerprint density at radius 1 is 1.39 bits per heavy atom. The van der Waals surface area contributed by atoms with Crippen LogP contribution in [0, 0.1) is 11.2 Å². The average Bonchev–Trinajstić information content (AvgIpc) is 3.16. The number of aryl methyl sites for hydroxylation is 1. The molecule has 1 aromatic carbocycles. The van der Waals surface area contributed by atoms with Gasteiger partial charge in [-0.3, -0.25) is 5.41 Å². The van der Waals surface area contributed by atoms with Crippen molar-refractivity contribution < 1.29 is 13.7 Å². The van der Waals surface area contributed by atoms with Crippen molar-refractivity contribution in [3.63, 3.8) is 0 Å². The molecule has 0 spiro atoms. The van der Waals surface area contributed by atoms with Gasteiger partial charge in [0.2, 0.25) is 0 Å². The summed E-state index contributed by atoms with van der Waals surface area (Å²) in [5.74, 6) is 0.372. The Kier molecular flexibility index (Phi) is 5.41. The Morgan fingerprint density at radius 3 is 2.94 bits per heavy atom. The monoisotopic (exact) mass is 422 g/mol. The van der Waals surface area contributed by atoms with E-state index in [-0.39, 0.29) is 23.8 Å². The zero-order valence-corrected chi connectivity index (χ0v) is 17.5. The van der Waals surface area contributed by atoms with Crippen LogP contribution in [0.1, 0.15) is 42.5 Å². The van der Waals surface area contributed by atoms with Crippen molar-refractivity contribution >= 4 is 11.5 Å². The third-order valence-electron chi connectivity index (χ3n) is 5.19. The van der Waals surface area contributed by atoms with Crippen molar-refractivity contribution in [2.75, 3.05) is 12.8 Å². The zero-order valence-electron chi connectivity index (χ0n) is 17.5. The Hall–Kier alpha value is -3.75. The third-order valence-corrected chi connectivity index (χ3v) is 5.19. The van der Waals surface area contributed by atoms with E-state index in [9.17, 15) is 4.39 Å². The maximum atomic E-state index is 14.1. The SMILES string of the molecule is CCc1noc2c1-c1cnc(N)c(n1)O[C@H](C)c1cc(F)ccc1C(=N)/C(=C\NC)C2. The van der Waals surface area contributed by atoms with E-state index in [1.165, 1.54) is 12.1 Å². The summed E-state index contributed by atoms with van der Waals surface area (Å²) in [6, 6.07) is 4.26. The van der Waals surface area contributed by atoms with Crippen LogP contribution in [0.3, 0.4) is 0 Å². The van der Waals surface area contributed by atoms with Crippen molar-refractivity contribution in [2.45, 2.75) is 32.8 Å². The van der Waals surface area contributed by atoms with Gasteiger partial charge in [-0.25, -0.2) is 14.4 Å². The number of allylic oxidation sites excluding steroid dienone is 1. The van der Waals surface area contributed by atoms with E-state index in [2.05, 4.69) is 20.4 Å². The summed E-state index contributed by atoms with van der Waals surface area (Å²) in [6.07, 6.45) is 3.57. The van der Waals surface area contributed by atoms with Gasteiger partial charge in [-0.1, -0.05) is 12.1 Å². The number of hydrogen-bond acceptors (Lipinski definition) is 8. The molecule has 3 aromatic rings. The van der Waals surface area contributed by atoms with Crippen molar-refractivity contribution in [1.82, 2.24) is 20.4 Å². The number of hydrogen-bond donors (Lipinski definition) is 3. The summed E-state index contributed by atoms with van der Waals surface area (Å²) < 4.78 is 25.8. The number of nitrogen functional groups attached to an aromatic ring is 1. The van der Waals surface area contributed by atoms with Crippen molar-refractivity contribution in [3.05, 3.63) is 64.6 Å². The smallest absolute Gasteiger partial charge is 0.258 e. The lowest BCUT2D eigenvalue weighted by Crippen LogP contribution is -2.17. The lowest BCUT2D eigenvalue weighted by molar-refractivity contribution is 0.217. The van der Waals surface area contributed by atoms with E-state index in [0.717, 1.165) is 5.69 Å². The molecule has 2 bridgehead atoms. The van der Waals surface area contributed by atoms with Crippen LogP contribution in [0.2, 0.25) is 0 Å². The Labute approximate surface area is 178 Å². The number of nitrogens with one attached hydrogen (secondary N) is 2. The van der Waals surface area contributed by atoms with E-state index in [1.807, 2.05) is 6.92 Å². The summed E-state index contributed by atoms with van der Waals surface area (Å²) in [5, 5.41) is 16.0. The van der Waals surface area contributed by atoms with Gasteiger partial charge in [0.25, 0.3) is 5.88 Å². The van der Waals surface area contributed by atoms with Gasteiger partial charge in [-0.05, 0) is 31.5 Å². The van der Waals surface area contributed by atoms with Crippen molar-refractivity contribution in [1.29, 1.82) is 5.41 Å². The fourth-order valence-corrected chi connectivity index (χ4v) is 3.66. The maximum Gasteiger partial charge on any atom is 0.258 e. The number of nitrogens with zero attached hydrogens (tertiary/aromatic N) is 3. The van der Waals surface area contributed by atoms with Gasteiger partial charge >= 0.3 is 0 Å². The molecular weight excluding hydrogens is 399 g/mol. The molecule has 0 amide bonds. The first-order valence-electron chi connectivity index (χ1n) is 9.94. The second-order valence-corrected chi connectivity index (χ2v) is 7.23. The van der Waals surface area contributed by atoms with Crippen molar-refractivity contribution in [2.24, 2.45) is 0 Å². The van der Waals surface area contributed by atoms with Crippen LogP contribution in [-0.4, -0.2) is 27.9 Å². The van der Waals surface area contributed by atoms with Gasteiger partial charge < -0.3 is 20.3 Å². The first kappa shape index (κ1) is 20.5. The molecule has 4 rings (SSSR count). The molecule has 0 radical (unpaired) electrons. The molecule has 1 aliphatic heterocycles. The minimum atomic E-state index is -0.624. The first-order valence-corrected chi connectivity index (χ1v) is 9.94. The highest BCUT2D eigenvalue weighted by molar-refractivity contribution is 6.11. The van der Waals surface area contributed by atoms with Gasteiger partial charge in [-0.15, -0.1) is 0 Å². The Bertz CT molecular complexity index is 1190. The highest BCUT2D eigenvalue weighted by Gasteiger charge is 2.26. The molecule has 0 unspecified atom stereocenters. The van der Waals surface area contributed by atoms with Crippen LogP contribution in [-0.2, 0) is 12.8 Å². The van der Waals surface area contributed by atoms with E-state index >= 15 is 0 Å². The van der Waals surface area contributed by atoms with E-state index in [1.54, 1.807) is 32.4 Å². The number of fused-ring (bicyclic) bond motifs is 5. The summed E-state index contributed by atoms with van der Waals surface area (Å²) in [6.45, 7) is 3.73. The maximum absolute atomic E-state index is 14.1. The molecule has 160 valence electrons. The molecule has 0 aliphatic carbocycles. The number of ether oxygens (including phenoxy) is 1. The van der Waals surface area contributed by atoms with Gasteiger partial charge in [-0.2, -0.15) is 0 Å². The molecule has 9 heteroatoms. The second-order valence-electron chi connectivity index (χ2n) is 7.23. The van der Waals surface area contributed by atoms with Crippen LogP contribution in [0.4, 0.5) is 10.2 Å². The number of nitrogens with two attached hydrogens (primary N) is 1. The molecule has 0 fully saturated rings. The summed E-state index contributed by atoms with van der Waals surface area (Å²) in [5.41, 5.74) is 9.87. The van der Waals surface area contributed by atoms with E-state index in [0.29, 0.717) is 40.1 Å². The van der Waals surface area contributed by atoms with Gasteiger partial charge in [0.1, 0.15) is 11.9 Å². The molecule has 4 N–H and O–H groups in total. The predicted molar refractivity (Wildman–Crippen MR) is 114 cm³/mol. The zero-order chi connectivity index (χ0) is 22.1. The highest BCUT2D eigenvalue weighted by atomic mass is 19.1. The molecule has 31 heavy (non-hydrogen) atoms. The number of halogens is 1. The molecule has 0 saturated heterocycles. The molecule has 1 aliphatic rings. The van der Waals surface area contributed by atoms with Crippen LogP contribution in [0.5, 0.6) is 5.88 Å². The lowest BCUT2D eigenvalue weighted by Gasteiger charge is -2.21. The molecule has 0 saturated carbocycles. The van der Waals surface area contributed by atoms with E-state index < -0.39 is 11.9 Å². The molecule has 2 aromatic heterocycles. The number of rotatable bonds is 2. The number of anilines is 1. The van der Waals surface area contributed by atoms with Crippen LogP contribution in [0.25, 0.3) is 11.3 Å². The molecular formula is C22H23FN6O2. The Morgan fingerprint density at radius 2 is 2.19 bits per heavy atom. The van der Waals surface area contributed by atoms with Gasteiger partial charge in [0.05, 0.1) is 28.9 Å². The summed E-state index contributed by atoms with van der Waals surface area (Å²) in [7, 11) is 1.75. The fraction of sp³-hybridized carbons (Fsp3) is 0.273. The molecule has 3 heterocycles. The largest absolute Gasteiger partial charge is 0.467 e. The van der Waals surface area contributed by atoms with Gasteiger partial charge in [0.15, 0.2) is 11.6 Å². The summed E-state index contributed by atoms with van der Waals surface area (Å²) in [4.78, 5) is 8.81. The highest BCUT2D eigenvalue weighted by Crippen LogP contribution is 2.34. The quantitative estimate of drug-likeness (QED) is 0.577. The topological polar surface area (TPSA) is 123 Å². The normalized spacial score (nSPS) is 17.2.